The number of carbonyl (C=O) groups excluding carboxylic acids is 2. The van der Waals surface area contributed by atoms with Crippen molar-refractivity contribution in [3.8, 4) is 11.5 Å². The van der Waals surface area contributed by atoms with E-state index in [1.54, 1.807) is 19.1 Å². The van der Waals surface area contributed by atoms with Gasteiger partial charge in [0.25, 0.3) is 0 Å². The summed E-state index contributed by atoms with van der Waals surface area (Å²) in [4.78, 5) is 27.9. The molecular weight excluding hydrogens is 482 g/mol. The number of rotatable bonds is 13. The van der Waals surface area contributed by atoms with Crippen LogP contribution in [-0.4, -0.2) is 64.7 Å². The van der Waals surface area contributed by atoms with Gasteiger partial charge < -0.3 is 19.7 Å². The van der Waals surface area contributed by atoms with Crippen molar-refractivity contribution in [2.45, 2.75) is 46.2 Å². The van der Waals surface area contributed by atoms with Crippen LogP contribution in [0, 0.1) is 6.92 Å². The third-order valence-electron chi connectivity index (χ3n) is 5.77. The minimum absolute atomic E-state index is 0.149. The Hall–Kier alpha value is -3.27. The maximum Gasteiger partial charge on any atom is 0.244 e. The van der Waals surface area contributed by atoms with E-state index in [2.05, 4.69) is 5.32 Å². The third-order valence-corrected chi connectivity index (χ3v) is 6.89. The fourth-order valence-corrected chi connectivity index (χ4v) is 4.56. The van der Waals surface area contributed by atoms with Gasteiger partial charge in [-0.1, -0.05) is 43.2 Å². The summed E-state index contributed by atoms with van der Waals surface area (Å²) in [5.41, 5.74) is 2.02. The van der Waals surface area contributed by atoms with Crippen LogP contribution in [0.3, 0.4) is 0 Å². The molecule has 1 atom stereocenters. The van der Waals surface area contributed by atoms with E-state index in [-0.39, 0.29) is 23.9 Å². The molecule has 0 radical (unpaired) electrons. The molecule has 2 aromatic rings. The first-order valence-electron chi connectivity index (χ1n) is 11.8. The maximum atomic E-state index is 13.7. The molecule has 2 aromatic carbocycles. The fourth-order valence-electron chi connectivity index (χ4n) is 3.71. The predicted octanol–water partition coefficient (Wildman–Crippen LogP) is 3.11. The number of anilines is 1. The number of unbranched alkanes of at least 4 members (excludes halogenated alkanes) is 1. The Bertz CT molecular complexity index is 1150. The first-order valence-corrected chi connectivity index (χ1v) is 13.7. The zero-order valence-electron chi connectivity index (χ0n) is 21.9. The van der Waals surface area contributed by atoms with Crippen LogP contribution in [0.1, 0.15) is 37.8 Å². The number of aryl methyl sites for hydroxylation is 1. The lowest BCUT2D eigenvalue weighted by atomic mass is 10.1. The van der Waals surface area contributed by atoms with E-state index in [1.165, 1.54) is 25.2 Å². The van der Waals surface area contributed by atoms with Crippen molar-refractivity contribution >= 4 is 27.5 Å². The summed E-state index contributed by atoms with van der Waals surface area (Å²) in [6, 6.07) is 11.5. The van der Waals surface area contributed by atoms with Crippen molar-refractivity contribution in [1.29, 1.82) is 0 Å². The van der Waals surface area contributed by atoms with Crippen molar-refractivity contribution in [3.63, 3.8) is 0 Å². The molecular formula is C26H37N3O6S. The lowest BCUT2D eigenvalue weighted by Crippen LogP contribution is -2.51. The highest BCUT2D eigenvalue weighted by Gasteiger charge is 2.31. The number of sulfonamides is 1. The van der Waals surface area contributed by atoms with E-state index in [9.17, 15) is 18.0 Å². The van der Waals surface area contributed by atoms with Gasteiger partial charge >= 0.3 is 0 Å². The number of nitrogens with one attached hydrogen (secondary N) is 1. The highest BCUT2D eigenvalue weighted by Crippen LogP contribution is 2.34. The molecule has 0 bridgehead atoms. The molecule has 2 rings (SSSR count). The van der Waals surface area contributed by atoms with Gasteiger partial charge in [-0.3, -0.25) is 13.9 Å². The van der Waals surface area contributed by atoms with E-state index in [1.807, 2.05) is 38.1 Å². The second-order valence-corrected chi connectivity index (χ2v) is 10.5. The molecule has 0 heterocycles. The van der Waals surface area contributed by atoms with Crippen LogP contribution < -0.4 is 19.1 Å². The average Bonchev–Trinajstić information content (AvgIpc) is 2.84. The van der Waals surface area contributed by atoms with Gasteiger partial charge in [-0.05, 0) is 38.0 Å². The molecule has 0 fully saturated rings. The van der Waals surface area contributed by atoms with E-state index in [0.29, 0.717) is 12.3 Å². The van der Waals surface area contributed by atoms with Gasteiger partial charge in [0.15, 0.2) is 0 Å². The van der Waals surface area contributed by atoms with Crippen LogP contribution in [0.15, 0.2) is 42.5 Å². The van der Waals surface area contributed by atoms with Crippen molar-refractivity contribution < 1.29 is 27.5 Å². The predicted molar refractivity (Wildman–Crippen MR) is 141 cm³/mol. The second-order valence-electron chi connectivity index (χ2n) is 8.64. The number of hydrogen-bond donors (Lipinski definition) is 1. The fraction of sp³-hybridized carbons (Fsp3) is 0.462. The molecule has 0 aliphatic rings. The summed E-state index contributed by atoms with van der Waals surface area (Å²) in [5.74, 6) is -0.143. The Balaban J connectivity index is 2.44. The molecule has 0 saturated carbocycles. The van der Waals surface area contributed by atoms with Gasteiger partial charge in [0.05, 0.1) is 26.2 Å². The molecule has 2 amide bonds. The van der Waals surface area contributed by atoms with Crippen molar-refractivity contribution in [1.82, 2.24) is 10.2 Å². The minimum Gasteiger partial charge on any atom is -0.497 e. The third kappa shape index (κ3) is 7.87. The van der Waals surface area contributed by atoms with Crippen molar-refractivity contribution in [2.24, 2.45) is 0 Å². The van der Waals surface area contributed by atoms with Crippen LogP contribution in [0.25, 0.3) is 0 Å². The van der Waals surface area contributed by atoms with Gasteiger partial charge in [-0.2, -0.15) is 0 Å². The summed E-state index contributed by atoms with van der Waals surface area (Å²) < 4.78 is 37.2. The molecule has 0 aliphatic heterocycles. The summed E-state index contributed by atoms with van der Waals surface area (Å²) in [6.07, 6.45) is 2.76. The first kappa shape index (κ1) is 29.0. The molecule has 0 aliphatic carbocycles. The Morgan fingerprint density at radius 3 is 2.39 bits per heavy atom. The van der Waals surface area contributed by atoms with E-state index >= 15 is 0 Å². The van der Waals surface area contributed by atoms with Gasteiger partial charge in [0.2, 0.25) is 21.8 Å². The number of carbonyl (C=O) groups is 2. The molecule has 9 nitrogen and oxygen atoms in total. The van der Waals surface area contributed by atoms with Gasteiger partial charge in [0.1, 0.15) is 24.1 Å². The zero-order chi connectivity index (χ0) is 26.9. The Kier molecular flexibility index (Phi) is 10.6. The van der Waals surface area contributed by atoms with Crippen LogP contribution in [-0.2, 0) is 26.2 Å². The summed E-state index contributed by atoms with van der Waals surface area (Å²) in [6.45, 7) is 5.75. The standard InChI is InChI=1S/C26H37N3O6S/c1-7-8-14-27-26(31)20(3)28(17-21-11-9-10-19(2)15-21)25(30)18-29(36(6,32)33)23-16-22(34-4)12-13-24(23)35-5/h9-13,15-16,20H,7-8,14,17-18H2,1-6H3,(H,27,31). The number of ether oxygens (including phenoxy) is 2. The molecule has 10 heteroatoms. The quantitative estimate of drug-likeness (QED) is 0.408. The lowest BCUT2D eigenvalue weighted by Gasteiger charge is -2.32. The van der Waals surface area contributed by atoms with Crippen LogP contribution >= 0.6 is 0 Å². The van der Waals surface area contributed by atoms with Gasteiger partial charge in [-0.25, -0.2) is 8.42 Å². The smallest absolute Gasteiger partial charge is 0.244 e. The largest absolute Gasteiger partial charge is 0.497 e. The Morgan fingerprint density at radius 2 is 1.81 bits per heavy atom. The first-order chi connectivity index (χ1) is 17.0. The number of methoxy groups -OCH3 is 2. The minimum atomic E-state index is -3.90. The number of amides is 2. The lowest BCUT2D eigenvalue weighted by molar-refractivity contribution is -0.139. The molecule has 1 N–H and O–H groups in total. The SMILES string of the molecule is CCCCNC(=O)C(C)N(Cc1cccc(C)c1)C(=O)CN(c1cc(OC)ccc1OC)S(C)(=O)=O. The van der Waals surface area contributed by atoms with Gasteiger partial charge in [0, 0.05) is 19.2 Å². The zero-order valence-corrected chi connectivity index (χ0v) is 22.7. The molecule has 0 spiro atoms. The Labute approximate surface area is 214 Å². The molecule has 0 saturated heterocycles. The molecule has 1 unspecified atom stereocenters. The van der Waals surface area contributed by atoms with Crippen LogP contribution in [0.2, 0.25) is 0 Å². The van der Waals surface area contributed by atoms with Gasteiger partial charge in [-0.15, -0.1) is 0 Å². The van der Waals surface area contributed by atoms with E-state index < -0.39 is 28.5 Å². The molecule has 198 valence electrons. The van der Waals surface area contributed by atoms with Crippen molar-refractivity contribution in [2.75, 3.05) is 37.9 Å². The molecule has 0 aromatic heterocycles. The summed E-state index contributed by atoms with van der Waals surface area (Å²) in [7, 11) is -1.02. The normalized spacial score (nSPS) is 11.9. The number of benzene rings is 2. The highest BCUT2D eigenvalue weighted by molar-refractivity contribution is 7.92. The van der Waals surface area contributed by atoms with Crippen molar-refractivity contribution in [3.05, 3.63) is 53.6 Å². The van der Waals surface area contributed by atoms with Crippen LogP contribution in [0.4, 0.5) is 5.69 Å². The summed E-state index contributed by atoms with van der Waals surface area (Å²) >= 11 is 0. The van der Waals surface area contributed by atoms with E-state index in [0.717, 1.165) is 34.5 Å². The number of nitrogens with zero attached hydrogens (tertiary/aromatic N) is 2. The highest BCUT2D eigenvalue weighted by atomic mass is 32.2. The monoisotopic (exact) mass is 519 g/mol. The topological polar surface area (TPSA) is 105 Å². The number of hydrogen-bond acceptors (Lipinski definition) is 6. The summed E-state index contributed by atoms with van der Waals surface area (Å²) in [5, 5.41) is 2.86. The average molecular weight is 520 g/mol. The van der Waals surface area contributed by atoms with E-state index in [4.69, 9.17) is 9.47 Å². The molecule has 36 heavy (non-hydrogen) atoms. The Morgan fingerprint density at radius 1 is 1.08 bits per heavy atom. The second kappa shape index (κ2) is 13.2. The maximum absolute atomic E-state index is 13.7. The van der Waals surface area contributed by atoms with Crippen LogP contribution in [0.5, 0.6) is 11.5 Å².